The Kier molecular flexibility index (Phi) is 9.02. The molecule has 1 aromatic rings. The summed E-state index contributed by atoms with van der Waals surface area (Å²) in [5.41, 5.74) is 0.596. The summed E-state index contributed by atoms with van der Waals surface area (Å²) in [6.45, 7) is 5.99. The van der Waals surface area contributed by atoms with Crippen LogP contribution in [0.2, 0.25) is 5.02 Å². The lowest BCUT2D eigenvalue weighted by molar-refractivity contribution is 0.0749. The van der Waals surface area contributed by atoms with E-state index in [1.807, 2.05) is 17.0 Å². The van der Waals surface area contributed by atoms with E-state index >= 15 is 0 Å². The van der Waals surface area contributed by atoms with Crippen LogP contribution in [0.1, 0.15) is 62.7 Å². The highest BCUT2D eigenvalue weighted by molar-refractivity contribution is 9.10. The summed E-state index contributed by atoms with van der Waals surface area (Å²) >= 11 is 9.60. The second-order valence-corrected chi connectivity index (χ2v) is 6.65. The molecule has 0 unspecified atom stereocenters. The minimum absolute atomic E-state index is 0.0495. The van der Waals surface area contributed by atoms with Gasteiger partial charge in [0.1, 0.15) is 0 Å². The number of benzene rings is 1. The molecule has 0 saturated heterocycles. The first-order valence-corrected chi connectivity index (χ1v) is 9.01. The zero-order valence-electron chi connectivity index (χ0n) is 13.0. The minimum atomic E-state index is 0.0495. The van der Waals surface area contributed by atoms with Crippen molar-refractivity contribution < 1.29 is 4.79 Å². The fraction of sp³-hybridized carbons (Fsp3) is 0.588. The van der Waals surface area contributed by atoms with Crippen molar-refractivity contribution in [3.8, 4) is 0 Å². The predicted octanol–water partition coefficient (Wildman–Crippen LogP) is 5.93. The van der Waals surface area contributed by atoms with Gasteiger partial charge in [0.25, 0.3) is 5.91 Å². The van der Waals surface area contributed by atoms with Crippen LogP contribution in [-0.2, 0) is 0 Å². The molecule has 0 fully saturated rings. The number of rotatable bonds is 9. The van der Waals surface area contributed by atoms with Crippen molar-refractivity contribution in [2.24, 2.45) is 0 Å². The molecule has 1 amide bonds. The molecule has 0 aromatic heterocycles. The molecule has 0 N–H and O–H groups in total. The summed E-state index contributed by atoms with van der Waals surface area (Å²) in [6, 6.07) is 5.45. The van der Waals surface area contributed by atoms with E-state index in [1.165, 1.54) is 0 Å². The van der Waals surface area contributed by atoms with Gasteiger partial charge in [-0.2, -0.15) is 0 Å². The maximum absolute atomic E-state index is 12.7. The van der Waals surface area contributed by atoms with Crippen molar-refractivity contribution in [2.45, 2.75) is 52.4 Å². The average Bonchev–Trinajstić information content (AvgIpc) is 2.48. The van der Waals surface area contributed by atoms with Crippen molar-refractivity contribution in [2.75, 3.05) is 13.1 Å². The topological polar surface area (TPSA) is 20.3 Å². The van der Waals surface area contributed by atoms with Gasteiger partial charge in [-0.25, -0.2) is 0 Å². The highest BCUT2D eigenvalue weighted by Gasteiger charge is 2.18. The van der Waals surface area contributed by atoms with Crippen LogP contribution in [-0.4, -0.2) is 23.9 Å². The van der Waals surface area contributed by atoms with E-state index in [-0.39, 0.29) is 5.91 Å². The highest BCUT2D eigenvalue weighted by atomic mass is 79.9. The van der Waals surface area contributed by atoms with Crippen molar-refractivity contribution in [3.63, 3.8) is 0 Å². The van der Waals surface area contributed by atoms with Crippen LogP contribution in [0.25, 0.3) is 0 Å². The molecule has 118 valence electrons. The first-order chi connectivity index (χ1) is 10.1. The van der Waals surface area contributed by atoms with Gasteiger partial charge in [0.15, 0.2) is 0 Å². The van der Waals surface area contributed by atoms with Crippen LogP contribution in [0.15, 0.2) is 22.7 Å². The first-order valence-electron chi connectivity index (χ1n) is 7.84. The van der Waals surface area contributed by atoms with Gasteiger partial charge >= 0.3 is 0 Å². The van der Waals surface area contributed by atoms with Crippen molar-refractivity contribution in [3.05, 3.63) is 33.3 Å². The maximum Gasteiger partial charge on any atom is 0.255 e. The van der Waals surface area contributed by atoms with E-state index in [2.05, 4.69) is 29.8 Å². The molecule has 0 bridgehead atoms. The summed E-state index contributed by atoms with van der Waals surface area (Å²) in [5, 5.41) is 0.527. The Hall–Kier alpha value is -0.540. The molecule has 0 aliphatic carbocycles. The normalized spacial score (nSPS) is 10.7. The number of unbranched alkanes of at least 4 members (excludes halogenated alkanes) is 4. The van der Waals surface area contributed by atoms with Crippen LogP contribution in [0.4, 0.5) is 0 Å². The summed E-state index contributed by atoms with van der Waals surface area (Å²) in [5.74, 6) is 0.0495. The Balaban J connectivity index is 2.79. The number of hydrogen-bond donors (Lipinski definition) is 0. The Bertz CT molecular complexity index is 440. The molecule has 0 aliphatic rings. The third-order valence-corrected chi connectivity index (χ3v) is 4.33. The second-order valence-electron chi connectivity index (χ2n) is 5.33. The standard InChI is InChI=1S/C17H25BrClNO/c1-3-5-7-11-20(12-8-6-4-2)17(21)15-13-14(18)9-10-16(15)19/h9-10,13H,3-8,11-12H2,1-2H3. The molecule has 0 heterocycles. The summed E-state index contributed by atoms with van der Waals surface area (Å²) < 4.78 is 0.886. The first kappa shape index (κ1) is 18.5. The highest BCUT2D eigenvalue weighted by Crippen LogP contribution is 2.23. The molecule has 1 rings (SSSR count). The molecular formula is C17H25BrClNO. The zero-order valence-corrected chi connectivity index (χ0v) is 15.3. The summed E-state index contributed by atoms with van der Waals surface area (Å²) in [7, 11) is 0. The molecule has 0 aliphatic heterocycles. The average molecular weight is 375 g/mol. The van der Waals surface area contributed by atoms with Gasteiger partial charge in [0.2, 0.25) is 0 Å². The smallest absolute Gasteiger partial charge is 0.255 e. The lowest BCUT2D eigenvalue weighted by Gasteiger charge is -2.23. The Labute approximate surface area is 142 Å². The van der Waals surface area contributed by atoms with E-state index in [0.717, 1.165) is 56.1 Å². The van der Waals surface area contributed by atoms with Gasteiger partial charge in [-0.05, 0) is 31.0 Å². The Morgan fingerprint density at radius 1 is 1.10 bits per heavy atom. The number of nitrogens with zero attached hydrogens (tertiary/aromatic N) is 1. The maximum atomic E-state index is 12.7. The number of hydrogen-bond acceptors (Lipinski definition) is 1. The van der Waals surface area contributed by atoms with Crippen LogP contribution in [0.5, 0.6) is 0 Å². The van der Waals surface area contributed by atoms with E-state index < -0.39 is 0 Å². The van der Waals surface area contributed by atoms with E-state index in [4.69, 9.17) is 11.6 Å². The van der Waals surface area contributed by atoms with Crippen LogP contribution in [0, 0.1) is 0 Å². The molecule has 1 aromatic carbocycles. The monoisotopic (exact) mass is 373 g/mol. The van der Waals surface area contributed by atoms with Gasteiger partial charge in [-0.1, -0.05) is 67.1 Å². The molecule has 21 heavy (non-hydrogen) atoms. The van der Waals surface area contributed by atoms with Gasteiger partial charge in [-0.15, -0.1) is 0 Å². The number of halogens is 2. The molecule has 0 atom stereocenters. The van der Waals surface area contributed by atoms with E-state index in [9.17, 15) is 4.79 Å². The van der Waals surface area contributed by atoms with E-state index in [1.54, 1.807) is 6.07 Å². The van der Waals surface area contributed by atoms with Gasteiger partial charge < -0.3 is 4.90 Å². The number of carbonyl (C=O) groups excluding carboxylic acids is 1. The fourth-order valence-electron chi connectivity index (χ4n) is 2.25. The third kappa shape index (κ3) is 6.39. The largest absolute Gasteiger partial charge is 0.339 e. The molecular weight excluding hydrogens is 350 g/mol. The van der Waals surface area contributed by atoms with Gasteiger partial charge in [0.05, 0.1) is 10.6 Å². The predicted molar refractivity (Wildman–Crippen MR) is 94.1 cm³/mol. The Morgan fingerprint density at radius 3 is 2.19 bits per heavy atom. The SMILES string of the molecule is CCCCCN(CCCCC)C(=O)c1cc(Br)ccc1Cl. The minimum Gasteiger partial charge on any atom is -0.339 e. The Morgan fingerprint density at radius 2 is 1.67 bits per heavy atom. The second kappa shape index (κ2) is 10.2. The molecule has 0 radical (unpaired) electrons. The molecule has 2 nitrogen and oxygen atoms in total. The van der Waals surface area contributed by atoms with Crippen LogP contribution in [0.3, 0.4) is 0 Å². The van der Waals surface area contributed by atoms with Crippen molar-refractivity contribution in [1.82, 2.24) is 4.90 Å². The summed E-state index contributed by atoms with van der Waals surface area (Å²) in [6.07, 6.45) is 6.75. The quantitative estimate of drug-likeness (QED) is 0.491. The number of carbonyl (C=O) groups is 1. The summed E-state index contributed by atoms with van der Waals surface area (Å²) in [4.78, 5) is 14.7. The molecule has 4 heteroatoms. The zero-order chi connectivity index (χ0) is 15.7. The third-order valence-electron chi connectivity index (χ3n) is 3.51. The molecule has 0 saturated carbocycles. The van der Waals surface area contributed by atoms with Crippen LogP contribution < -0.4 is 0 Å². The van der Waals surface area contributed by atoms with Gasteiger partial charge in [-0.3, -0.25) is 4.79 Å². The van der Waals surface area contributed by atoms with Crippen molar-refractivity contribution in [1.29, 1.82) is 0 Å². The van der Waals surface area contributed by atoms with Crippen LogP contribution >= 0.6 is 27.5 Å². The van der Waals surface area contributed by atoms with Crippen molar-refractivity contribution >= 4 is 33.4 Å². The molecule has 0 spiro atoms. The number of amides is 1. The van der Waals surface area contributed by atoms with E-state index in [0.29, 0.717) is 10.6 Å². The fourth-order valence-corrected chi connectivity index (χ4v) is 2.81. The van der Waals surface area contributed by atoms with Gasteiger partial charge in [0, 0.05) is 17.6 Å². The lowest BCUT2D eigenvalue weighted by atomic mass is 10.1. The lowest BCUT2D eigenvalue weighted by Crippen LogP contribution is -2.33.